The lowest BCUT2D eigenvalue weighted by Gasteiger charge is -2.28. The summed E-state index contributed by atoms with van der Waals surface area (Å²) >= 11 is 3.43. The van der Waals surface area contributed by atoms with Gasteiger partial charge in [0.25, 0.3) is 0 Å². The third kappa shape index (κ3) is 5.03. The maximum atomic E-state index is 12.3. The van der Waals surface area contributed by atoms with Crippen molar-refractivity contribution in [2.45, 2.75) is 45.1 Å². The molecule has 21 heavy (non-hydrogen) atoms. The Hall–Kier alpha value is -1.03. The van der Waals surface area contributed by atoms with Gasteiger partial charge in [-0.15, -0.1) is 0 Å². The minimum atomic E-state index is 0.0241. The van der Waals surface area contributed by atoms with Gasteiger partial charge in [0.15, 0.2) is 0 Å². The Labute approximate surface area is 136 Å². The van der Waals surface area contributed by atoms with E-state index in [9.17, 15) is 4.79 Å². The predicted molar refractivity (Wildman–Crippen MR) is 90.3 cm³/mol. The van der Waals surface area contributed by atoms with Gasteiger partial charge >= 0.3 is 6.03 Å². The molecular weight excluding hydrogens is 328 g/mol. The van der Waals surface area contributed by atoms with Gasteiger partial charge < -0.3 is 10.2 Å². The number of nitrogens with zero attached hydrogens (tertiary/aromatic N) is 1. The first-order chi connectivity index (χ1) is 10.1. The highest BCUT2D eigenvalue weighted by atomic mass is 79.9. The summed E-state index contributed by atoms with van der Waals surface area (Å²) in [5, 5.41) is 3.08. The van der Waals surface area contributed by atoms with Crippen molar-refractivity contribution in [1.82, 2.24) is 10.2 Å². The molecule has 4 heteroatoms. The molecule has 0 aliphatic heterocycles. The summed E-state index contributed by atoms with van der Waals surface area (Å²) in [6.07, 6.45) is 6.51. The molecule has 1 saturated carbocycles. The van der Waals surface area contributed by atoms with Crippen LogP contribution in [0.4, 0.5) is 4.79 Å². The molecule has 3 nitrogen and oxygen atoms in total. The van der Waals surface area contributed by atoms with E-state index >= 15 is 0 Å². The van der Waals surface area contributed by atoms with Crippen LogP contribution in [0, 0.1) is 5.92 Å². The summed E-state index contributed by atoms with van der Waals surface area (Å²) in [6, 6.07) is 8.13. The van der Waals surface area contributed by atoms with Gasteiger partial charge in [-0.3, -0.25) is 0 Å². The zero-order chi connectivity index (χ0) is 15.2. The normalized spacial score (nSPS) is 17.3. The fourth-order valence-electron chi connectivity index (χ4n) is 2.97. The molecule has 1 N–H and O–H groups in total. The van der Waals surface area contributed by atoms with Crippen LogP contribution >= 0.6 is 15.9 Å². The predicted octanol–water partition coefficient (Wildman–Crippen LogP) is 4.73. The van der Waals surface area contributed by atoms with Crippen molar-refractivity contribution in [3.8, 4) is 0 Å². The molecule has 0 saturated heterocycles. The van der Waals surface area contributed by atoms with Gasteiger partial charge in [0.1, 0.15) is 0 Å². The first kappa shape index (κ1) is 16.3. The lowest BCUT2D eigenvalue weighted by Crippen LogP contribution is -2.41. The number of nitrogens with one attached hydrogen (secondary N) is 1. The van der Waals surface area contributed by atoms with Crippen LogP contribution in [0.2, 0.25) is 0 Å². The molecule has 1 aliphatic rings. The van der Waals surface area contributed by atoms with Crippen molar-refractivity contribution < 1.29 is 4.79 Å². The van der Waals surface area contributed by atoms with E-state index in [-0.39, 0.29) is 12.1 Å². The third-order valence-electron chi connectivity index (χ3n) is 4.31. The summed E-state index contributed by atoms with van der Waals surface area (Å²) in [7, 11) is 1.90. The highest BCUT2D eigenvalue weighted by Crippen LogP contribution is 2.24. The number of hydrogen-bond donors (Lipinski definition) is 1. The first-order valence-electron chi connectivity index (χ1n) is 7.83. The second-order valence-corrected chi connectivity index (χ2v) is 7.02. The van der Waals surface area contributed by atoms with E-state index in [1.165, 1.54) is 32.1 Å². The van der Waals surface area contributed by atoms with Gasteiger partial charge in [-0.1, -0.05) is 47.3 Å². The van der Waals surface area contributed by atoms with Crippen LogP contribution in [-0.2, 0) is 0 Å². The van der Waals surface area contributed by atoms with Crippen molar-refractivity contribution in [2.24, 2.45) is 5.92 Å². The molecule has 2 amide bonds. The quantitative estimate of drug-likeness (QED) is 0.834. The van der Waals surface area contributed by atoms with Crippen LogP contribution in [0.1, 0.15) is 50.6 Å². The van der Waals surface area contributed by atoms with Gasteiger partial charge in [-0.25, -0.2) is 4.79 Å². The monoisotopic (exact) mass is 352 g/mol. The molecule has 0 aromatic heterocycles. The minimum Gasteiger partial charge on any atom is -0.331 e. The molecule has 0 radical (unpaired) electrons. The molecule has 1 aliphatic carbocycles. The summed E-state index contributed by atoms with van der Waals surface area (Å²) in [6.45, 7) is 2.90. The maximum absolute atomic E-state index is 12.3. The average Bonchev–Trinajstić information content (AvgIpc) is 2.48. The van der Waals surface area contributed by atoms with Gasteiger partial charge in [-0.2, -0.15) is 0 Å². The molecule has 1 fully saturated rings. The van der Waals surface area contributed by atoms with E-state index in [4.69, 9.17) is 0 Å². The number of carbonyl (C=O) groups excluding carboxylic acids is 1. The van der Waals surface area contributed by atoms with Gasteiger partial charge in [-0.05, 0) is 43.4 Å². The number of urea groups is 1. The van der Waals surface area contributed by atoms with Crippen LogP contribution in [0.15, 0.2) is 28.7 Å². The first-order valence-corrected chi connectivity index (χ1v) is 8.62. The molecule has 1 atom stereocenters. The fourth-order valence-corrected chi connectivity index (χ4v) is 3.23. The Morgan fingerprint density at radius 3 is 2.52 bits per heavy atom. The van der Waals surface area contributed by atoms with Crippen molar-refractivity contribution in [1.29, 1.82) is 0 Å². The second kappa shape index (κ2) is 7.83. The summed E-state index contributed by atoms with van der Waals surface area (Å²) in [5.74, 6) is 0.678. The zero-order valence-electron chi connectivity index (χ0n) is 12.9. The van der Waals surface area contributed by atoms with Crippen LogP contribution in [0.5, 0.6) is 0 Å². The molecular formula is C17H25BrN2O. The Morgan fingerprint density at radius 1 is 1.29 bits per heavy atom. The Kier molecular flexibility index (Phi) is 6.09. The standard InChI is InChI=1S/C17H25BrN2O/c1-13(15-8-10-16(18)11-9-15)19-17(21)20(2)12-14-6-4-3-5-7-14/h8-11,13-14H,3-7,12H2,1-2H3,(H,19,21). The van der Waals surface area contributed by atoms with Crippen molar-refractivity contribution in [2.75, 3.05) is 13.6 Å². The lowest BCUT2D eigenvalue weighted by atomic mass is 9.89. The lowest BCUT2D eigenvalue weighted by molar-refractivity contribution is 0.189. The Balaban J connectivity index is 1.83. The Morgan fingerprint density at radius 2 is 1.90 bits per heavy atom. The van der Waals surface area contributed by atoms with E-state index in [0.717, 1.165) is 16.6 Å². The number of halogens is 1. The summed E-state index contributed by atoms with van der Waals surface area (Å²) in [4.78, 5) is 14.1. The van der Waals surface area contributed by atoms with Gasteiger partial charge in [0.05, 0.1) is 6.04 Å². The molecule has 116 valence electrons. The highest BCUT2D eigenvalue weighted by molar-refractivity contribution is 9.10. The van der Waals surface area contributed by atoms with Crippen molar-refractivity contribution in [3.63, 3.8) is 0 Å². The van der Waals surface area contributed by atoms with Gasteiger partial charge in [0, 0.05) is 18.1 Å². The number of carbonyl (C=O) groups is 1. The second-order valence-electron chi connectivity index (χ2n) is 6.11. The van der Waals surface area contributed by atoms with E-state index in [1.807, 2.05) is 43.1 Å². The van der Waals surface area contributed by atoms with E-state index in [2.05, 4.69) is 21.2 Å². The van der Waals surface area contributed by atoms with Crippen LogP contribution in [0.3, 0.4) is 0 Å². The van der Waals surface area contributed by atoms with Crippen LogP contribution < -0.4 is 5.32 Å². The van der Waals surface area contributed by atoms with E-state index in [1.54, 1.807) is 0 Å². The molecule has 0 spiro atoms. The van der Waals surface area contributed by atoms with Crippen molar-refractivity contribution >= 4 is 22.0 Å². The average molecular weight is 353 g/mol. The minimum absolute atomic E-state index is 0.0241. The molecule has 2 rings (SSSR count). The molecule has 0 heterocycles. The number of hydrogen-bond acceptors (Lipinski definition) is 1. The number of rotatable bonds is 4. The highest BCUT2D eigenvalue weighted by Gasteiger charge is 2.19. The molecule has 1 aromatic rings. The Bertz CT molecular complexity index is 454. The SMILES string of the molecule is CC(NC(=O)N(C)CC1CCCCC1)c1ccc(Br)cc1. The number of benzene rings is 1. The van der Waals surface area contributed by atoms with Crippen LogP contribution in [-0.4, -0.2) is 24.5 Å². The smallest absolute Gasteiger partial charge is 0.317 e. The van der Waals surface area contributed by atoms with Crippen LogP contribution in [0.25, 0.3) is 0 Å². The molecule has 1 aromatic carbocycles. The topological polar surface area (TPSA) is 32.3 Å². The number of amides is 2. The largest absolute Gasteiger partial charge is 0.331 e. The van der Waals surface area contributed by atoms with E-state index < -0.39 is 0 Å². The van der Waals surface area contributed by atoms with E-state index in [0.29, 0.717) is 5.92 Å². The van der Waals surface area contributed by atoms with Crippen molar-refractivity contribution in [3.05, 3.63) is 34.3 Å². The third-order valence-corrected chi connectivity index (χ3v) is 4.84. The fraction of sp³-hybridized carbons (Fsp3) is 0.588. The summed E-state index contributed by atoms with van der Waals surface area (Å²) in [5.41, 5.74) is 1.12. The summed E-state index contributed by atoms with van der Waals surface area (Å²) < 4.78 is 1.05. The molecule has 0 bridgehead atoms. The molecule has 1 unspecified atom stereocenters. The maximum Gasteiger partial charge on any atom is 0.317 e. The zero-order valence-corrected chi connectivity index (χ0v) is 14.5. The van der Waals surface area contributed by atoms with Gasteiger partial charge in [0.2, 0.25) is 0 Å².